The van der Waals surface area contributed by atoms with E-state index in [1.54, 1.807) is 6.92 Å². The van der Waals surface area contributed by atoms with Crippen LogP contribution in [0.5, 0.6) is 0 Å². The van der Waals surface area contributed by atoms with E-state index in [1.165, 1.54) is 31.4 Å². The standard InChI is InChI=1S/C14H21F2N/c1-3-4-5-6-7-8-17-14-10-12(15)11(2)9-13(14)16/h9-10,17H,3-8H2,1-2H3. The number of hydrogen-bond donors (Lipinski definition) is 1. The van der Waals surface area contributed by atoms with E-state index in [-0.39, 0.29) is 17.3 Å². The maximum absolute atomic E-state index is 13.4. The molecular weight excluding hydrogens is 220 g/mol. The van der Waals surface area contributed by atoms with Crippen molar-refractivity contribution in [3.8, 4) is 0 Å². The summed E-state index contributed by atoms with van der Waals surface area (Å²) >= 11 is 0. The second-order valence-corrected chi connectivity index (χ2v) is 4.42. The molecule has 0 spiro atoms. The van der Waals surface area contributed by atoms with Gasteiger partial charge in [0.2, 0.25) is 0 Å². The summed E-state index contributed by atoms with van der Waals surface area (Å²) in [6.07, 6.45) is 5.80. The van der Waals surface area contributed by atoms with Crippen LogP contribution in [0.2, 0.25) is 0 Å². The molecule has 0 aliphatic heterocycles. The Morgan fingerprint density at radius 1 is 1.00 bits per heavy atom. The third-order valence-electron chi connectivity index (χ3n) is 2.84. The van der Waals surface area contributed by atoms with Gasteiger partial charge in [-0.3, -0.25) is 0 Å². The first-order valence-corrected chi connectivity index (χ1v) is 6.34. The Kier molecular flexibility index (Phi) is 5.95. The summed E-state index contributed by atoms with van der Waals surface area (Å²) in [5.74, 6) is -0.739. The van der Waals surface area contributed by atoms with Gasteiger partial charge in [-0.2, -0.15) is 0 Å². The maximum atomic E-state index is 13.4. The summed E-state index contributed by atoms with van der Waals surface area (Å²) in [4.78, 5) is 0. The molecule has 1 rings (SSSR count). The highest BCUT2D eigenvalue weighted by molar-refractivity contribution is 5.46. The summed E-state index contributed by atoms with van der Waals surface area (Å²) in [6.45, 7) is 4.43. The minimum atomic E-state index is -0.377. The maximum Gasteiger partial charge on any atom is 0.146 e. The quantitative estimate of drug-likeness (QED) is 0.685. The number of halogens is 2. The molecule has 1 aromatic carbocycles. The first-order chi connectivity index (χ1) is 8.15. The highest BCUT2D eigenvalue weighted by Gasteiger charge is 2.06. The van der Waals surface area contributed by atoms with Crippen LogP contribution >= 0.6 is 0 Å². The van der Waals surface area contributed by atoms with Crippen LogP contribution in [0.4, 0.5) is 14.5 Å². The predicted octanol–water partition coefficient (Wildman–Crippen LogP) is 4.66. The van der Waals surface area contributed by atoms with Gasteiger partial charge in [0.25, 0.3) is 0 Å². The second kappa shape index (κ2) is 7.25. The van der Waals surface area contributed by atoms with E-state index in [1.807, 2.05) is 0 Å². The van der Waals surface area contributed by atoms with Crippen molar-refractivity contribution in [2.24, 2.45) is 0 Å². The van der Waals surface area contributed by atoms with Crippen LogP contribution < -0.4 is 5.32 Å². The zero-order chi connectivity index (χ0) is 12.7. The Hall–Kier alpha value is -1.12. The molecule has 1 aromatic rings. The predicted molar refractivity (Wildman–Crippen MR) is 68.3 cm³/mol. The number of hydrogen-bond acceptors (Lipinski definition) is 1. The topological polar surface area (TPSA) is 12.0 Å². The van der Waals surface area contributed by atoms with Gasteiger partial charge in [0.05, 0.1) is 5.69 Å². The van der Waals surface area contributed by atoms with Crippen LogP contribution in [0.15, 0.2) is 12.1 Å². The molecule has 3 heteroatoms. The highest BCUT2D eigenvalue weighted by atomic mass is 19.1. The normalized spacial score (nSPS) is 10.6. The lowest BCUT2D eigenvalue weighted by Gasteiger charge is -2.08. The molecule has 0 aliphatic rings. The molecule has 0 bridgehead atoms. The molecule has 0 aliphatic carbocycles. The van der Waals surface area contributed by atoms with Crippen LogP contribution in [0.25, 0.3) is 0 Å². The second-order valence-electron chi connectivity index (χ2n) is 4.42. The molecule has 0 radical (unpaired) electrons. The number of rotatable bonds is 7. The molecule has 0 amide bonds. The van der Waals surface area contributed by atoms with Gasteiger partial charge in [-0.25, -0.2) is 8.78 Å². The van der Waals surface area contributed by atoms with Crippen molar-refractivity contribution in [3.05, 3.63) is 29.3 Å². The summed E-state index contributed by atoms with van der Waals surface area (Å²) in [7, 11) is 0. The average molecular weight is 241 g/mol. The van der Waals surface area contributed by atoms with E-state index in [2.05, 4.69) is 12.2 Å². The van der Waals surface area contributed by atoms with Gasteiger partial charge < -0.3 is 5.32 Å². The average Bonchev–Trinajstić information content (AvgIpc) is 2.30. The Balaban J connectivity index is 2.34. The molecule has 96 valence electrons. The van der Waals surface area contributed by atoms with E-state index in [4.69, 9.17) is 0 Å². The lowest BCUT2D eigenvalue weighted by molar-refractivity contribution is 0.593. The van der Waals surface area contributed by atoms with E-state index < -0.39 is 0 Å². The SMILES string of the molecule is CCCCCCCNc1cc(F)c(C)cc1F. The molecule has 0 fully saturated rings. The van der Waals surface area contributed by atoms with Crippen molar-refractivity contribution in [1.82, 2.24) is 0 Å². The van der Waals surface area contributed by atoms with Gasteiger partial charge in [0, 0.05) is 12.6 Å². The van der Waals surface area contributed by atoms with Crippen molar-refractivity contribution in [3.63, 3.8) is 0 Å². The Morgan fingerprint density at radius 3 is 2.41 bits per heavy atom. The van der Waals surface area contributed by atoms with Crippen LogP contribution in [0, 0.1) is 18.6 Å². The minimum Gasteiger partial charge on any atom is -0.383 e. The fourth-order valence-corrected chi connectivity index (χ4v) is 1.73. The van der Waals surface area contributed by atoms with Crippen LogP contribution in [0.3, 0.4) is 0 Å². The van der Waals surface area contributed by atoms with Gasteiger partial charge in [-0.15, -0.1) is 0 Å². The van der Waals surface area contributed by atoms with Crippen molar-refractivity contribution in [1.29, 1.82) is 0 Å². The van der Waals surface area contributed by atoms with Gasteiger partial charge in [-0.05, 0) is 25.0 Å². The van der Waals surface area contributed by atoms with Gasteiger partial charge in [0.1, 0.15) is 11.6 Å². The number of aryl methyl sites for hydroxylation is 1. The van der Waals surface area contributed by atoms with Gasteiger partial charge in [0.15, 0.2) is 0 Å². The third kappa shape index (κ3) is 4.72. The third-order valence-corrected chi connectivity index (χ3v) is 2.84. The molecule has 1 N–H and O–H groups in total. The number of nitrogens with one attached hydrogen (secondary N) is 1. The molecule has 17 heavy (non-hydrogen) atoms. The molecule has 0 unspecified atom stereocenters. The summed E-state index contributed by atoms with van der Waals surface area (Å²) in [6, 6.07) is 2.46. The van der Waals surface area contributed by atoms with Crippen molar-refractivity contribution in [2.45, 2.75) is 46.0 Å². The smallest absolute Gasteiger partial charge is 0.146 e. The zero-order valence-electron chi connectivity index (χ0n) is 10.7. The molecule has 0 aromatic heterocycles. The Labute approximate surface area is 102 Å². The van der Waals surface area contributed by atoms with Crippen molar-refractivity contribution in [2.75, 3.05) is 11.9 Å². The lowest BCUT2D eigenvalue weighted by atomic mass is 10.1. The number of unbranched alkanes of at least 4 members (excludes halogenated alkanes) is 4. The van der Waals surface area contributed by atoms with Crippen LogP contribution in [0.1, 0.15) is 44.6 Å². The van der Waals surface area contributed by atoms with Gasteiger partial charge >= 0.3 is 0 Å². The number of benzene rings is 1. The number of anilines is 1. The van der Waals surface area contributed by atoms with E-state index >= 15 is 0 Å². The minimum absolute atomic E-state index is 0.267. The molecule has 0 atom stereocenters. The van der Waals surface area contributed by atoms with Crippen LogP contribution in [-0.4, -0.2) is 6.54 Å². The first kappa shape index (κ1) is 13.9. The Bertz CT molecular complexity index is 350. The van der Waals surface area contributed by atoms with E-state index in [0.29, 0.717) is 12.1 Å². The lowest BCUT2D eigenvalue weighted by Crippen LogP contribution is -2.04. The fourth-order valence-electron chi connectivity index (χ4n) is 1.73. The highest BCUT2D eigenvalue weighted by Crippen LogP contribution is 2.18. The fraction of sp³-hybridized carbons (Fsp3) is 0.571. The van der Waals surface area contributed by atoms with Gasteiger partial charge in [-0.1, -0.05) is 32.6 Å². The van der Waals surface area contributed by atoms with Crippen molar-refractivity contribution < 1.29 is 8.78 Å². The van der Waals surface area contributed by atoms with E-state index in [0.717, 1.165) is 12.8 Å². The summed E-state index contributed by atoms with van der Waals surface area (Å²) in [5, 5.41) is 2.94. The zero-order valence-corrected chi connectivity index (χ0v) is 10.7. The first-order valence-electron chi connectivity index (χ1n) is 6.34. The monoisotopic (exact) mass is 241 g/mol. The molecule has 0 saturated carbocycles. The molecule has 0 heterocycles. The summed E-state index contributed by atoms with van der Waals surface area (Å²) < 4.78 is 26.7. The van der Waals surface area contributed by atoms with Crippen LogP contribution in [-0.2, 0) is 0 Å². The molecule has 0 saturated heterocycles. The Morgan fingerprint density at radius 2 is 1.71 bits per heavy atom. The molecule has 1 nitrogen and oxygen atoms in total. The molecular formula is C14H21F2N. The largest absolute Gasteiger partial charge is 0.383 e. The van der Waals surface area contributed by atoms with Crippen molar-refractivity contribution >= 4 is 5.69 Å². The van der Waals surface area contributed by atoms with E-state index in [9.17, 15) is 8.78 Å². The summed E-state index contributed by atoms with van der Waals surface area (Å²) in [5.41, 5.74) is 0.611.